The maximum atomic E-state index is 12.9. The van der Waals surface area contributed by atoms with Crippen molar-refractivity contribution in [3.05, 3.63) is 46.1 Å². The Hall–Kier alpha value is -1.39. The standard InChI is InChI=1S/C11H7Cl2FN2O/c1-6-4-7(14)2-3-9(6)17-10-8(12)5-15-11(13)16-10/h2-5H,1H3. The van der Waals surface area contributed by atoms with E-state index < -0.39 is 0 Å². The molecule has 1 aromatic heterocycles. The summed E-state index contributed by atoms with van der Waals surface area (Å²) in [7, 11) is 0. The molecular weight excluding hydrogens is 266 g/mol. The van der Waals surface area contributed by atoms with Gasteiger partial charge in [-0.25, -0.2) is 9.37 Å². The molecule has 0 fully saturated rings. The van der Waals surface area contributed by atoms with Crippen LogP contribution in [-0.4, -0.2) is 9.97 Å². The van der Waals surface area contributed by atoms with Gasteiger partial charge >= 0.3 is 0 Å². The molecule has 3 nitrogen and oxygen atoms in total. The van der Waals surface area contributed by atoms with E-state index in [0.717, 1.165) is 0 Å². The van der Waals surface area contributed by atoms with Crippen molar-refractivity contribution >= 4 is 23.2 Å². The SMILES string of the molecule is Cc1cc(F)ccc1Oc1nc(Cl)ncc1Cl. The number of rotatable bonds is 2. The van der Waals surface area contributed by atoms with Gasteiger partial charge in [0.1, 0.15) is 16.6 Å². The Kier molecular flexibility index (Phi) is 3.45. The summed E-state index contributed by atoms with van der Waals surface area (Å²) < 4.78 is 18.3. The largest absolute Gasteiger partial charge is 0.437 e. The highest BCUT2D eigenvalue weighted by Crippen LogP contribution is 2.29. The van der Waals surface area contributed by atoms with Gasteiger partial charge in [0.15, 0.2) is 0 Å². The zero-order chi connectivity index (χ0) is 12.4. The molecule has 1 aromatic carbocycles. The lowest BCUT2D eigenvalue weighted by molar-refractivity contribution is 0.456. The fourth-order valence-electron chi connectivity index (χ4n) is 1.23. The summed E-state index contributed by atoms with van der Waals surface area (Å²) in [6, 6.07) is 4.14. The van der Waals surface area contributed by atoms with E-state index in [0.29, 0.717) is 11.3 Å². The minimum absolute atomic E-state index is 0.0316. The van der Waals surface area contributed by atoms with Gasteiger partial charge in [0.25, 0.3) is 0 Å². The summed E-state index contributed by atoms with van der Waals surface area (Å²) in [5.74, 6) is 0.270. The highest BCUT2D eigenvalue weighted by molar-refractivity contribution is 6.32. The van der Waals surface area contributed by atoms with Crippen LogP contribution in [0.25, 0.3) is 0 Å². The van der Waals surface area contributed by atoms with Gasteiger partial charge in [-0.15, -0.1) is 0 Å². The number of ether oxygens (including phenoxy) is 1. The van der Waals surface area contributed by atoms with Crippen LogP contribution in [0.4, 0.5) is 4.39 Å². The molecular formula is C11H7Cl2FN2O. The molecule has 17 heavy (non-hydrogen) atoms. The molecule has 0 saturated heterocycles. The normalized spacial score (nSPS) is 10.4. The van der Waals surface area contributed by atoms with Crippen molar-refractivity contribution in [1.29, 1.82) is 0 Å². The maximum absolute atomic E-state index is 12.9. The molecule has 2 aromatic rings. The van der Waals surface area contributed by atoms with Crippen molar-refractivity contribution in [1.82, 2.24) is 9.97 Å². The Balaban J connectivity index is 2.34. The summed E-state index contributed by atoms with van der Waals surface area (Å²) in [6.45, 7) is 1.72. The summed E-state index contributed by atoms with van der Waals surface area (Å²) in [6.07, 6.45) is 1.34. The van der Waals surface area contributed by atoms with E-state index in [1.807, 2.05) is 0 Å². The van der Waals surface area contributed by atoms with E-state index in [1.54, 1.807) is 6.92 Å². The Bertz CT molecular complexity index is 563. The Labute approximate surface area is 107 Å². The summed E-state index contributed by atoms with van der Waals surface area (Å²) in [5, 5.41) is 0.266. The van der Waals surface area contributed by atoms with E-state index in [2.05, 4.69) is 9.97 Å². The van der Waals surface area contributed by atoms with Crippen LogP contribution in [-0.2, 0) is 0 Å². The van der Waals surface area contributed by atoms with Gasteiger partial charge < -0.3 is 4.74 Å². The molecule has 0 radical (unpaired) electrons. The molecule has 0 N–H and O–H groups in total. The van der Waals surface area contributed by atoms with Crippen molar-refractivity contribution in [3.8, 4) is 11.6 Å². The van der Waals surface area contributed by atoms with Gasteiger partial charge in [-0.05, 0) is 42.3 Å². The van der Waals surface area contributed by atoms with Gasteiger partial charge in [0, 0.05) is 0 Å². The van der Waals surface area contributed by atoms with Gasteiger partial charge in [-0.3, -0.25) is 0 Å². The first-order valence-corrected chi connectivity index (χ1v) is 5.44. The van der Waals surface area contributed by atoms with E-state index in [-0.39, 0.29) is 22.0 Å². The molecule has 0 atom stereocenters. The average Bonchev–Trinajstić information content (AvgIpc) is 2.27. The van der Waals surface area contributed by atoms with Gasteiger partial charge in [0.05, 0.1) is 6.20 Å². The van der Waals surface area contributed by atoms with E-state index in [1.165, 1.54) is 24.4 Å². The minimum Gasteiger partial charge on any atom is -0.437 e. The van der Waals surface area contributed by atoms with Gasteiger partial charge in [-0.1, -0.05) is 11.6 Å². The predicted molar refractivity (Wildman–Crippen MR) is 63.3 cm³/mol. The Morgan fingerprint density at radius 1 is 1.29 bits per heavy atom. The first kappa shape index (κ1) is 12.1. The second kappa shape index (κ2) is 4.85. The van der Waals surface area contributed by atoms with E-state index >= 15 is 0 Å². The molecule has 88 valence electrons. The van der Waals surface area contributed by atoms with Crippen molar-refractivity contribution in [2.75, 3.05) is 0 Å². The van der Waals surface area contributed by atoms with Crippen LogP contribution in [0.3, 0.4) is 0 Å². The smallest absolute Gasteiger partial charge is 0.242 e. The fourth-order valence-corrected chi connectivity index (χ4v) is 1.49. The quantitative estimate of drug-likeness (QED) is 0.775. The van der Waals surface area contributed by atoms with Gasteiger partial charge in [0.2, 0.25) is 11.2 Å². The molecule has 0 aliphatic carbocycles. The third-order valence-electron chi connectivity index (χ3n) is 2.03. The first-order chi connectivity index (χ1) is 8.06. The van der Waals surface area contributed by atoms with Crippen molar-refractivity contribution < 1.29 is 9.13 Å². The van der Waals surface area contributed by atoms with Crippen molar-refractivity contribution in [2.24, 2.45) is 0 Å². The van der Waals surface area contributed by atoms with Crippen LogP contribution in [0, 0.1) is 12.7 Å². The lowest BCUT2D eigenvalue weighted by Gasteiger charge is -2.08. The highest BCUT2D eigenvalue weighted by atomic mass is 35.5. The monoisotopic (exact) mass is 272 g/mol. The minimum atomic E-state index is -0.332. The number of hydrogen-bond acceptors (Lipinski definition) is 3. The maximum Gasteiger partial charge on any atom is 0.242 e. The van der Waals surface area contributed by atoms with Crippen LogP contribution >= 0.6 is 23.2 Å². The number of hydrogen-bond donors (Lipinski definition) is 0. The number of halogens is 3. The van der Waals surface area contributed by atoms with Crippen molar-refractivity contribution in [3.63, 3.8) is 0 Å². The second-order valence-corrected chi connectivity index (χ2v) is 4.05. The van der Waals surface area contributed by atoms with E-state index in [9.17, 15) is 4.39 Å². The molecule has 1 heterocycles. The average molecular weight is 273 g/mol. The van der Waals surface area contributed by atoms with Crippen LogP contribution in [0.1, 0.15) is 5.56 Å². The predicted octanol–water partition coefficient (Wildman–Crippen LogP) is 4.02. The molecule has 0 amide bonds. The zero-order valence-corrected chi connectivity index (χ0v) is 10.3. The number of nitrogens with zero attached hydrogens (tertiary/aromatic N) is 2. The number of aromatic nitrogens is 2. The first-order valence-electron chi connectivity index (χ1n) is 4.68. The number of aryl methyl sites for hydroxylation is 1. The molecule has 0 unspecified atom stereocenters. The van der Waals surface area contributed by atoms with Crippen molar-refractivity contribution in [2.45, 2.75) is 6.92 Å². The fraction of sp³-hybridized carbons (Fsp3) is 0.0909. The molecule has 6 heteroatoms. The van der Waals surface area contributed by atoms with Crippen LogP contribution in [0.2, 0.25) is 10.3 Å². The molecule has 0 aliphatic rings. The lowest BCUT2D eigenvalue weighted by atomic mass is 10.2. The summed E-state index contributed by atoms with van der Waals surface area (Å²) >= 11 is 11.5. The van der Waals surface area contributed by atoms with Gasteiger partial charge in [-0.2, -0.15) is 4.98 Å². The molecule has 0 aliphatic heterocycles. The molecule has 0 bridgehead atoms. The number of benzene rings is 1. The summed E-state index contributed by atoms with van der Waals surface area (Å²) in [5.41, 5.74) is 0.635. The van der Waals surface area contributed by atoms with Crippen LogP contribution < -0.4 is 4.74 Å². The molecule has 0 saturated carbocycles. The second-order valence-electron chi connectivity index (χ2n) is 3.30. The van der Waals surface area contributed by atoms with Crippen LogP contribution in [0.15, 0.2) is 24.4 Å². The zero-order valence-electron chi connectivity index (χ0n) is 8.75. The Morgan fingerprint density at radius 2 is 2.06 bits per heavy atom. The summed E-state index contributed by atoms with van der Waals surface area (Å²) in [4.78, 5) is 7.54. The molecule has 0 spiro atoms. The van der Waals surface area contributed by atoms with Crippen LogP contribution in [0.5, 0.6) is 11.6 Å². The molecule has 2 rings (SSSR count). The third kappa shape index (κ3) is 2.84. The topological polar surface area (TPSA) is 35.0 Å². The highest BCUT2D eigenvalue weighted by Gasteiger charge is 2.09. The Morgan fingerprint density at radius 3 is 2.76 bits per heavy atom. The lowest BCUT2D eigenvalue weighted by Crippen LogP contribution is -1.93. The third-order valence-corrected chi connectivity index (χ3v) is 2.47. The van der Waals surface area contributed by atoms with E-state index in [4.69, 9.17) is 27.9 Å².